The average molecular weight is 556 g/mol. The van der Waals surface area contributed by atoms with E-state index in [1.165, 1.54) is 6.07 Å². The van der Waals surface area contributed by atoms with Crippen LogP contribution < -0.4 is 16.3 Å². The second-order valence-corrected chi connectivity index (χ2v) is 11.0. The van der Waals surface area contributed by atoms with E-state index in [1.807, 2.05) is 19.9 Å². The third-order valence-electron chi connectivity index (χ3n) is 7.80. The van der Waals surface area contributed by atoms with Crippen LogP contribution >= 0.6 is 0 Å². The Kier molecular flexibility index (Phi) is 8.04. The van der Waals surface area contributed by atoms with Crippen molar-refractivity contribution >= 4 is 23.2 Å². The van der Waals surface area contributed by atoms with Gasteiger partial charge in [0.25, 0.3) is 0 Å². The van der Waals surface area contributed by atoms with E-state index in [9.17, 15) is 23.2 Å². The van der Waals surface area contributed by atoms with E-state index in [1.54, 1.807) is 32.7 Å². The van der Waals surface area contributed by atoms with Crippen LogP contribution in [-0.2, 0) is 0 Å². The first-order valence-corrected chi connectivity index (χ1v) is 13.8. The fourth-order valence-electron chi connectivity index (χ4n) is 5.82. The van der Waals surface area contributed by atoms with Crippen LogP contribution in [0.4, 0.5) is 18.4 Å². The van der Waals surface area contributed by atoms with Crippen molar-refractivity contribution in [2.75, 3.05) is 26.2 Å². The number of hydrogen-bond donors (Lipinski definition) is 3. The number of fused-ring (bicyclic) bond motifs is 1. The third kappa shape index (κ3) is 5.80. The highest BCUT2D eigenvalue weighted by Crippen LogP contribution is 2.30. The number of likely N-dealkylation sites (tertiary alicyclic amines) is 2. The molecule has 40 heavy (non-hydrogen) atoms. The standard InChI is InChI=1S/C28H35F2N7O3/c1-17(2)32-26(38)36-15-18(21-5-3-6-22(29)24(21)30)8-9-19(16-36)33-27(39)35-13-10-20(11-14-35)37-23-7-4-12-31-25(23)34-28(37)40/h3-7,12,17-20H,8-11,13-16H2,1-2H3,(H,32,38)(H,33,39)(H,31,34,40)/t18-,19-/m1/s1. The first kappa shape index (κ1) is 27.6. The smallest absolute Gasteiger partial charge is 0.327 e. The molecule has 2 saturated heterocycles. The molecule has 2 aliphatic rings. The van der Waals surface area contributed by atoms with E-state index in [0.717, 1.165) is 11.6 Å². The number of nitrogens with one attached hydrogen (secondary N) is 3. The van der Waals surface area contributed by atoms with Gasteiger partial charge in [-0.2, -0.15) is 0 Å². The summed E-state index contributed by atoms with van der Waals surface area (Å²) in [6.45, 7) is 5.11. The van der Waals surface area contributed by atoms with Gasteiger partial charge >= 0.3 is 17.8 Å². The normalized spacial score (nSPS) is 20.5. The molecule has 12 heteroatoms. The van der Waals surface area contributed by atoms with Crippen molar-refractivity contribution in [3.8, 4) is 0 Å². The molecule has 3 aromatic rings. The number of urea groups is 2. The molecule has 0 aliphatic carbocycles. The van der Waals surface area contributed by atoms with Gasteiger partial charge in [0, 0.05) is 56.4 Å². The molecule has 1 aromatic carbocycles. The van der Waals surface area contributed by atoms with E-state index >= 15 is 0 Å². The molecule has 0 saturated carbocycles. The van der Waals surface area contributed by atoms with Gasteiger partial charge in [0.15, 0.2) is 17.3 Å². The van der Waals surface area contributed by atoms with Crippen molar-refractivity contribution in [1.82, 2.24) is 35.0 Å². The minimum Gasteiger partial charge on any atom is -0.336 e. The number of amides is 4. The Hall–Kier alpha value is -3.96. The lowest BCUT2D eigenvalue weighted by atomic mass is 9.93. The maximum atomic E-state index is 14.7. The molecule has 2 atom stereocenters. The van der Waals surface area contributed by atoms with Crippen LogP contribution in [0.1, 0.15) is 57.1 Å². The maximum absolute atomic E-state index is 14.7. The van der Waals surface area contributed by atoms with Crippen LogP contribution in [0, 0.1) is 11.6 Å². The summed E-state index contributed by atoms with van der Waals surface area (Å²) in [5, 5.41) is 5.94. The van der Waals surface area contributed by atoms with Crippen LogP contribution in [0.5, 0.6) is 0 Å². The van der Waals surface area contributed by atoms with Gasteiger partial charge in [0.05, 0.1) is 5.52 Å². The van der Waals surface area contributed by atoms with E-state index < -0.39 is 17.6 Å². The molecule has 10 nitrogen and oxygen atoms in total. The number of halogens is 2. The molecule has 214 valence electrons. The third-order valence-corrected chi connectivity index (χ3v) is 7.80. The molecule has 2 aliphatic heterocycles. The number of piperidine rings is 1. The maximum Gasteiger partial charge on any atom is 0.327 e. The summed E-state index contributed by atoms with van der Waals surface area (Å²) in [5.41, 5.74) is 1.32. The lowest BCUT2D eigenvalue weighted by molar-refractivity contribution is 0.163. The Morgan fingerprint density at radius 1 is 1.00 bits per heavy atom. The summed E-state index contributed by atoms with van der Waals surface area (Å²) in [7, 11) is 0. The molecule has 2 aromatic heterocycles. The Morgan fingerprint density at radius 3 is 2.52 bits per heavy atom. The molecule has 4 amide bonds. The van der Waals surface area contributed by atoms with Crippen LogP contribution in [0.3, 0.4) is 0 Å². The van der Waals surface area contributed by atoms with Crippen LogP contribution in [0.15, 0.2) is 41.3 Å². The van der Waals surface area contributed by atoms with E-state index in [-0.39, 0.29) is 54.5 Å². The lowest BCUT2D eigenvalue weighted by Crippen LogP contribution is -2.53. The van der Waals surface area contributed by atoms with E-state index in [0.29, 0.717) is 44.4 Å². The van der Waals surface area contributed by atoms with Crippen LogP contribution in [0.25, 0.3) is 11.2 Å². The summed E-state index contributed by atoms with van der Waals surface area (Å²) < 4.78 is 30.4. The molecule has 3 N–H and O–H groups in total. The van der Waals surface area contributed by atoms with Crippen molar-refractivity contribution < 1.29 is 18.4 Å². The van der Waals surface area contributed by atoms with Gasteiger partial charge in [-0.1, -0.05) is 12.1 Å². The Morgan fingerprint density at radius 2 is 1.77 bits per heavy atom. The molecule has 5 rings (SSSR count). The number of aromatic amines is 1. The van der Waals surface area contributed by atoms with Crippen LogP contribution in [0.2, 0.25) is 0 Å². The number of benzene rings is 1. The van der Waals surface area contributed by atoms with Crippen molar-refractivity contribution in [1.29, 1.82) is 0 Å². The van der Waals surface area contributed by atoms with Crippen LogP contribution in [-0.4, -0.2) is 74.7 Å². The second kappa shape index (κ2) is 11.6. The fraction of sp³-hybridized carbons (Fsp3) is 0.500. The first-order chi connectivity index (χ1) is 19.2. The number of carbonyl (C=O) groups excluding carboxylic acids is 2. The summed E-state index contributed by atoms with van der Waals surface area (Å²) in [6.07, 6.45) is 3.85. The molecule has 0 spiro atoms. The molecule has 2 fully saturated rings. The lowest BCUT2D eigenvalue weighted by Gasteiger charge is -2.34. The fourth-order valence-corrected chi connectivity index (χ4v) is 5.82. The van der Waals surface area contributed by atoms with Gasteiger partial charge in [-0.25, -0.2) is 28.1 Å². The van der Waals surface area contributed by atoms with E-state index in [4.69, 9.17) is 0 Å². The Labute approximate surface area is 230 Å². The SMILES string of the molecule is CC(C)NC(=O)N1C[C@H](NC(=O)N2CCC(n3c(=O)[nH]c4ncccc43)CC2)CC[C@@H](c2cccc(F)c2F)C1. The summed E-state index contributed by atoms with van der Waals surface area (Å²) in [4.78, 5) is 49.1. The quantitative estimate of drug-likeness (QED) is 0.455. The predicted molar refractivity (Wildman–Crippen MR) is 146 cm³/mol. The molecule has 0 unspecified atom stereocenters. The highest BCUT2D eigenvalue weighted by Gasteiger charge is 2.32. The summed E-state index contributed by atoms with van der Waals surface area (Å²) >= 11 is 0. The summed E-state index contributed by atoms with van der Waals surface area (Å²) in [6, 6.07) is 6.70. The van der Waals surface area contributed by atoms with Gasteiger partial charge in [0.2, 0.25) is 0 Å². The number of nitrogens with zero attached hydrogens (tertiary/aromatic N) is 4. The number of rotatable bonds is 4. The van der Waals surface area contributed by atoms with Crippen molar-refractivity contribution in [2.24, 2.45) is 0 Å². The first-order valence-electron chi connectivity index (χ1n) is 13.8. The number of pyridine rings is 1. The van der Waals surface area contributed by atoms with Gasteiger partial charge in [-0.15, -0.1) is 0 Å². The van der Waals surface area contributed by atoms with Crippen molar-refractivity contribution in [3.05, 3.63) is 64.2 Å². The molecule has 0 bridgehead atoms. The van der Waals surface area contributed by atoms with Gasteiger partial charge < -0.3 is 20.4 Å². The average Bonchev–Trinajstić information content (AvgIpc) is 3.12. The molecule has 0 radical (unpaired) electrons. The number of hydrogen-bond acceptors (Lipinski definition) is 4. The molecule has 4 heterocycles. The summed E-state index contributed by atoms with van der Waals surface area (Å²) in [5.74, 6) is -2.22. The number of imidazole rings is 1. The predicted octanol–water partition coefficient (Wildman–Crippen LogP) is 3.72. The van der Waals surface area contributed by atoms with E-state index in [2.05, 4.69) is 20.6 Å². The highest BCUT2D eigenvalue weighted by atomic mass is 19.2. The zero-order chi connectivity index (χ0) is 28.4. The minimum atomic E-state index is -0.917. The largest absolute Gasteiger partial charge is 0.336 e. The van der Waals surface area contributed by atoms with Crippen molar-refractivity contribution in [2.45, 2.75) is 63.6 Å². The zero-order valence-electron chi connectivity index (χ0n) is 22.7. The topological polar surface area (TPSA) is 115 Å². The van der Waals surface area contributed by atoms with Gasteiger partial charge in [-0.3, -0.25) is 9.55 Å². The minimum absolute atomic E-state index is 0.0514. The number of carbonyl (C=O) groups is 2. The monoisotopic (exact) mass is 555 g/mol. The van der Waals surface area contributed by atoms with Crippen molar-refractivity contribution in [3.63, 3.8) is 0 Å². The molecular weight excluding hydrogens is 520 g/mol. The second-order valence-electron chi connectivity index (χ2n) is 11.0. The van der Waals surface area contributed by atoms with Gasteiger partial charge in [0.1, 0.15) is 0 Å². The Balaban J connectivity index is 1.25. The van der Waals surface area contributed by atoms with Gasteiger partial charge in [-0.05, 0) is 63.3 Å². The molecular formula is C28H35F2N7O3. The number of aromatic nitrogens is 3. The highest BCUT2D eigenvalue weighted by molar-refractivity contribution is 5.76. The Bertz CT molecular complexity index is 1430. The number of H-pyrrole nitrogens is 1. The zero-order valence-corrected chi connectivity index (χ0v) is 22.7.